The van der Waals surface area contributed by atoms with Crippen LogP contribution in [0.15, 0.2) is 42.5 Å². The van der Waals surface area contributed by atoms with Crippen LogP contribution in [0.3, 0.4) is 0 Å². The number of carbonyl (C=O) groups excluding carboxylic acids is 1. The van der Waals surface area contributed by atoms with Crippen LogP contribution in [-0.2, 0) is 4.79 Å². The predicted octanol–water partition coefficient (Wildman–Crippen LogP) is 4.30. The lowest BCUT2D eigenvalue weighted by atomic mass is 10.2. The fourth-order valence-electron chi connectivity index (χ4n) is 2.47. The summed E-state index contributed by atoms with van der Waals surface area (Å²) in [6, 6.07) is 12.0. The quantitative estimate of drug-likeness (QED) is 0.526. The minimum atomic E-state index is -0.418. The molecule has 0 saturated heterocycles. The number of thiazole rings is 1. The normalized spacial score (nSPS) is 13.6. The molecular formula is C17H14N4O3S. The smallest absolute Gasteiger partial charge is 0.270 e. The van der Waals surface area contributed by atoms with E-state index in [2.05, 4.69) is 15.6 Å². The van der Waals surface area contributed by atoms with Gasteiger partial charge in [-0.3, -0.25) is 14.9 Å². The van der Waals surface area contributed by atoms with E-state index >= 15 is 0 Å². The molecule has 1 saturated carbocycles. The Morgan fingerprint density at radius 3 is 2.76 bits per heavy atom. The lowest BCUT2D eigenvalue weighted by Crippen LogP contribution is -2.13. The zero-order chi connectivity index (χ0) is 17.4. The summed E-state index contributed by atoms with van der Waals surface area (Å²) in [5, 5.41) is 17.6. The van der Waals surface area contributed by atoms with E-state index in [1.165, 1.54) is 23.5 Å². The number of carbonyl (C=O) groups is 1. The van der Waals surface area contributed by atoms with Crippen LogP contribution < -0.4 is 10.6 Å². The molecule has 8 heteroatoms. The highest BCUT2D eigenvalue weighted by Gasteiger charge is 2.29. The van der Waals surface area contributed by atoms with Crippen LogP contribution in [-0.4, -0.2) is 15.8 Å². The minimum Gasteiger partial charge on any atom is -0.331 e. The second-order valence-corrected chi connectivity index (χ2v) is 6.93. The van der Waals surface area contributed by atoms with E-state index in [9.17, 15) is 14.9 Å². The first-order valence-corrected chi connectivity index (χ1v) is 8.63. The Bertz CT molecular complexity index is 981. The van der Waals surface area contributed by atoms with Gasteiger partial charge in [0.25, 0.3) is 5.69 Å². The molecule has 2 N–H and O–H groups in total. The van der Waals surface area contributed by atoms with Crippen molar-refractivity contribution in [3.8, 4) is 0 Å². The molecule has 0 spiro atoms. The molecule has 3 aromatic rings. The van der Waals surface area contributed by atoms with Gasteiger partial charge in [0.2, 0.25) is 5.91 Å². The van der Waals surface area contributed by atoms with Crippen LogP contribution in [0, 0.1) is 16.0 Å². The Morgan fingerprint density at radius 2 is 2.00 bits per heavy atom. The fraction of sp³-hybridized carbons (Fsp3) is 0.176. The summed E-state index contributed by atoms with van der Waals surface area (Å²) in [7, 11) is 0. The molecule has 2 aromatic carbocycles. The maximum Gasteiger partial charge on any atom is 0.270 e. The molecule has 1 aliphatic rings. The summed E-state index contributed by atoms with van der Waals surface area (Å²) < 4.78 is 0.745. The van der Waals surface area contributed by atoms with Gasteiger partial charge >= 0.3 is 0 Å². The fourth-order valence-corrected chi connectivity index (χ4v) is 3.39. The number of aromatic nitrogens is 1. The number of hydrogen-bond donors (Lipinski definition) is 2. The highest BCUT2D eigenvalue weighted by Crippen LogP contribution is 2.32. The van der Waals surface area contributed by atoms with Crippen molar-refractivity contribution in [1.82, 2.24) is 4.98 Å². The second kappa shape index (κ2) is 6.14. The Labute approximate surface area is 146 Å². The average Bonchev–Trinajstić information content (AvgIpc) is 3.35. The third-order valence-electron chi connectivity index (χ3n) is 3.91. The molecule has 1 fully saturated rings. The minimum absolute atomic E-state index is 0.0486. The van der Waals surface area contributed by atoms with Crippen molar-refractivity contribution in [3.63, 3.8) is 0 Å². The van der Waals surface area contributed by atoms with Gasteiger partial charge < -0.3 is 10.6 Å². The maximum absolute atomic E-state index is 11.9. The Kier molecular flexibility index (Phi) is 3.81. The van der Waals surface area contributed by atoms with Crippen molar-refractivity contribution < 1.29 is 9.72 Å². The summed E-state index contributed by atoms with van der Waals surface area (Å²) in [5.74, 6) is 0.209. The van der Waals surface area contributed by atoms with Crippen molar-refractivity contribution in [2.75, 3.05) is 10.6 Å². The highest BCUT2D eigenvalue weighted by molar-refractivity contribution is 7.22. The van der Waals surface area contributed by atoms with Gasteiger partial charge in [-0.05, 0) is 37.1 Å². The lowest BCUT2D eigenvalue weighted by molar-refractivity contribution is -0.384. The summed E-state index contributed by atoms with van der Waals surface area (Å²) >= 11 is 1.34. The van der Waals surface area contributed by atoms with Crippen molar-refractivity contribution in [2.24, 2.45) is 5.92 Å². The van der Waals surface area contributed by atoms with Crippen LogP contribution in [0.4, 0.5) is 22.2 Å². The SMILES string of the molecule is O=C(Nc1cccc(Nc2nc3ccc([N+](=O)[O-])cc3s2)c1)C1CC1. The number of fused-ring (bicyclic) bond motifs is 1. The molecule has 1 amide bonds. The molecule has 25 heavy (non-hydrogen) atoms. The lowest BCUT2D eigenvalue weighted by Gasteiger charge is -2.07. The van der Waals surface area contributed by atoms with Crippen LogP contribution in [0.5, 0.6) is 0 Å². The van der Waals surface area contributed by atoms with E-state index in [0.717, 1.165) is 28.9 Å². The number of rotatable bonds is 5. The van der Waals surface area contributed by atoms with Crippen LogP contribution in [0.2, 0.25) is 0 Å². The first-order valence-electron chi connectivity index (χ1n) is 7.81. The monoisotopic (exact) mass is 354 g/mol. The van der Waals surface area contributed by atoms with Gasteiger partial charge in [0.05, 0.1) is 15.1 Å². The molecule has 0 radical (unpaired) electrons. The molecular weight excluding hydrogens is 340 g/mol. The van der Waals surface area contributed by atoms with E-state index < -0.39 is 4.92 Å². The molecule has 1 heterocycles. The second-order valence-electron chi connectivity index (χ2n) is 5.90. The molecule has 0 atom stereocenters. The number of benzene rings is 2. The van der Waals surface area contributed by atoms with Gasteiger partial charge in [-0.1, -0.05) is 17.4 Å². The van der Waals surface area contributed by atoms with Crippen LogP contribution >= 0.6 is 11.3 Å². The molecule has 0 unspecified atom stereocenters. The van der Waals surface area contributed by atoms with Crippen molar-refractivity contribution in [1.29, 1.82) is 0 Å². The average molecular weight is 354 g/mol. The molecule has 1 aromatic heterocycles. The van der Waals surface area contributed by atoms with Gasteiger partial charge in [-0.25, -0.2) is 4.98 Å². The Balaban J connectivity index is 1.54. The van der Waals surface area contributed by atoms with E-state index in [4.69, 9.17) is 0 Å². The largest absolute Gasteiger partial charge is 0.331 e. The standard InChI is InChI=1S/C17H14N4O3S/c22-16(10-4-5-10)18-11-2-1-3-12(8-11)19-17-20-14-7-6-13(21(23)24)9-15(14)25-17/h1-3,6-10H,4-5H2,(H,18,22)(H,19,20). The number of non-ortho nitro benzene ring substituents is 1. The summed E-state index contributed by atoms with van der Waals surface area (Å²) in [6.45, 7) is 0. The Morgan fingerprint density at radius 1 is 1.20 bits per heavy atom. The van der Waals surface area contributed by atoms with Crippen molar-refractivity contribution in [3.05, 3.63) is 52.6 Å². The number of hydrogen-bond acceptors (Lipinski definition) is 6. The van der Waals surface area contributed by atoms with Crippen LogP contribution in [0.25, 0.3) is 10.2 Å². The first kappa shape index (κ1) is 15.5. The van der Waals surface area contributed by atoms with Gasteiger partial charge in [-0.2, -0.15) is 0 Å². The van der Waals surface area contributed by atoms with Gasteiger partial charge in [-0.15, -0.1) is 0 Å². The van der Waals surface area contributed by atoms with Crippen molar-refractivity contribution in [2.45, 2.75) is 12.8 Å². The van der Waals surface area contributed by atoms with E-state index in [0.29, 0.717) is 10.6 Å². The van der Waals surface area contributed by atoms with Gasteiger partial charge in [0.1, 0.15) is 0 Å². The zero-order valence-electron chi connectivity index (χ0n) is 13.1. The molecule has 0 bridgehead atoms. The maximum atomic E-state index is 11.9. The number of nitro benzene ring substituents is 1. The number of nitrogens with one attached hydrogen (secondary N) is 2. The third kappa shape index (κ3) is 3.43. The Hall–Kier alpha value is -3.00. The molecule has 7 nitrogen and oxygen atoms in total. The summed E-state index contributed by atoms with van der Waals surface area (Å²) in [6.07, 6.45) is 1.92. The first-order chi connectivity index (χ1) is 12.1. The number of nitrogens with zero attached hydrogens (tertiary/aromatic N) is 2. The summed E-state index contributed by atoms with van der Waals surface area (Å²) in [5.41, 5.74) is 2.28. The van der Waals surface area contributed by atoms with Gasteiger partial charge in [0, 0.05) is 29.4 Å². The third-order valence-corrected chi connectivity index (χ3v) is 4.85. The molecule has 126 valence electrons. The number of amides is 1. The van der Waals surface area contributed by atoms with Crippen LogP contribution in [0.1, 0.15) is 12.8 Å². The zero-order valence-corrected chi connectivity index (χ0v) is 13.9. The van der Waals surface area contributed by atoms with Crippen molar-refractivity contribution >= 4 is 49.7 Å². The number of anilines is 3. The highest BCUT2D eigenvalue weighted by atomic mass is 32.1. The molecule has 0 aliphatic heterocycles. The summed E-state index contributed by atoms with van der Waals surface area (Å²) in [4.78, 5) is 26.7. The number of nitro groups is 1. The topological polar surface area (TPSA) is 97.2 Å². The van der Waals surface area contributed by atoms with E-state index in [-0.39, 0.29) is 17.5 Å². The predicted molar refractivity (Wildman–Crippen MR) is 97.4 cm³/mol. The van der Waals surface area contributed by atoms with E-state index in [1.54, 1.807) is 6.07 Å². The molecule has 4 rings (SSSR count). The molecule has 1 aliphatic carbocycles. The van der Waals surface area contributed by atoms with Gasteiger partial charge in [0.15, 0.2) is 5.13 Å². The van der Waals surface area contributed by atoms with E-state index in [1.807, 2.05) is 24.3 Å².